The fraction of sp³-hybridized carbons (Fsp3) is 0.0508. The maximum Gasteiger partial charge on any atom is 0.0159 e. The molecule has 0 unspecified atom stereocenters. The van der Waals surface area contributed by atoms with Gasteiger partial charge in [-0.3, -0.25) is 0 Å². The summed E-state index contributed by atoms with van der Waals surface area (Å²) >= 11 is 0. The number of rotatable bonds is 8. The van der Waals surface area contributed by atoms with Crippen LogP contribution in [0.2, 0.25) is 0 Å². The van der Waals surface area contributed by atoms with Gasteiger partial charge in [0.1, 0.15) is 0 Å². The van der Waals surface area contributed by atoms with Crippen molar-refractivity contribution in [3.8, 4) is 111 Å². The van der Waals surface area contributed by atoms with Crippen LogP contribution in [0.3, 0.4) is 0 Å². The predicted molar refractivity (Wildman–Crippen MR) is 507 cm³/mol. The molecule has 0 saturated carbocycles. The van der Waals surface area contributed by atoms with Crippen LogP contribution in [0.25, 0.3) is 219 Å². The zero-order chi connectivity index (χ0) is 78.5. The summed E-state index contributed by atoms with van der Waals surface area (Å²) in [7, 11) is 0. The second-order valence-electron chi connectivity index (χ2n) is 33.5. The minimum absolute atomic E-state index is 0.0421. The molecule has 0 N–H and O–H groups in total. The summed E-state index contributed by atoms with van der Waals surface area (Å²) in [6.45, 7) is 9.46. The minimum Gasteiger partial charge on any atom is -0.0616 e. The van der Waals surface area contributed by atoms with E-state index in [1.54, 1.807) is 0 Å². The van der Waals surface area contributed by atoms with E-state index in [-0.39, 0.29) is 10.8 Å². The van der Waals surface area contributed by atoms with Gasteiger partial charge in [0.05, 0.1) is 0 Å². The fourth-order valence-electron chi connectivity index (χ4n) is 20.9. The molecule has 118 heavy (non-hydrogen) atoms. The Balaban J connectivity index is 0.000000138. The van der Waals surface area contributed by atoms with Crippen LogP contribution in [0.5, 0.6) is 0 Å². The number of fused-ring (bicyclic) bond motifs is 20. The molecule has 552 valence electrons. The molecule has 0 aromatic heterocycles. The fourth-order valence-corrected chi connectivity index (χ4v) is 20.9. The molecule has 0 nitrogen and oxygen atoms in total. The first-order valence-electron chi connectivity index (χ1n) is 41.5. The van der Waals surface area contributed by atoms with E-state index in [1.165, 1.54) is 241 Å². The Morgan fingerprint density at radius 2 is 0.390 bits per heavy atom. The van der Waals surface area contributed by atoms with Crippen molar-refractivity contribution in [3.05, 3.63) is 435 Å². The van der Waals surface area contributed by atoms with Crippen molar-refractivity contribution < 1.29 is 0 Å². The van der Waals surface area contributed by atoms with E-state index < -0.39 is 0 Å². The van der Waals surface area contributed by atoms with Gasteiger partial charge in [0, 0.05) is 10.8 Å². The first-order valence-corrected chi connectivity index (χ1v) is 41.5. The molecule has 0 fully saturated rings. The van der Waals surface area contributed by atoms with Crippen LogP contribution in [0.4, 0.5) is 0 Å². The molecule has 2 aliphatic carbocycles. The van der Waals surface area contributed by atoms with E-state index in [0.717, 1.165) is 0 Å². The summed E-state index contributed by atoms with van der Waals surface area (Å²) in [6.07, 6.45) is 0. The van der Waals surface area contributed by atoms with Gasteiger partial charge >= 0.3 is 0 Å². The Bertz CT molecular complexity index is 7830. The molecular weight excluding hydrogens is 1420 g/mol. The first kappa shape index (κ1) is 69.0. The summed E-state index contributed by atoms with van der Waals surface area (Å²) in [5.41, 5.74) is 31.0. The van der Waals surface area contributed by atoms with Crippen LogP contribution >= 0.6 is 0 Å². The van der Waals surface area contributed by atoms with Crippen molar-refractivity contribution in [2.75, 3.05) is 0 Å². The monoisotopic (exact) mass is 1500 g/mol. The minimum atomic E-state index is -0.0465. The molecule has 0 atom stereocenters. The van der Waals surface area contributed by atoms with Gasteiger partial charge < -0.3 is 0 Å². The maximum absolute atomic E-state index is 2.43. The normalized spacial score (nSPS) is 13.1. The molecule has 2 aliphatic rings. The Morgan fingerprint density at radius 1 is 0.127 bits per heavy atom. The van der Waals surface area contributed by atoms with Gasteiger partial charge in [0.2, 0.25) is 0 Å². The predicted octanol–water partition coefficient (Wildman–Crippen LogP) is 32.9. The zero-order valence-corrected chi connectivity index (χ0v) is 66.3. The Kier molecular flexibility index (Phi) is 15.8. The lowest BCUT2D eigenvalue weighted by Crippen LogP contribution is -2.14. The van der Waals surface area contributed by atoms with Gasteiger partial charge in [0.25, 0.3) is 0 Å². The molecule has 0 heterocycles. The van der Waals surface area contributed by atoms with Gasteiger partial charge in [-0.05, 0) is 266 Å². The summed E-state index contributed by atoms with van der Waals surface area (Å²) in [6, 6.07) is 154. The van der Waals surface area contributed by atoms with Gasteiger partial charge in [0.15, 0.2) is 0 Å². The molecule has 24 rings (SSSR count). The first-order chi connectivity index (χ1) is 58.1. The third kappa shape index (κ3) is 10.8. The summed E-state index contributed by atoms with van der Waals surface area (Å²) in [5.74, 6) is 0. The third-order valence-corrected chi connectivity index (χ3v) is 26.5. The highest BCUT2D eigenvalue weighted by Crippen LogP contribution is 2.56. The summed E-state index contributed by atoms with van der Waals surface area (Å²) in [5, 5.41) is 25.6. The zero-order valence-electron chi connectivity index (χ0n) is 66.3. The van der Waals surface area contributed by atoms with E-state index >= 15 is 0 Å². The lowest BCUT2D eigenvalue weighted by atomic mass is 9.81. The van der Waals surface area contributed by atoms with E-state index in [1.807, 2.05) is 0 Å². The second kappa shape index (κ2) is 27.0. The van der Waals surface area contributed by atoms with E-state index in [2.05, 4.69) is 440 Å². The van der Waals surface area contributed by atoms with Crippen molar-refractivity contribution in [3.63, 3.8) is 0 Å². The Morgan fingerprint density at radius 3 is 0.780 bits per heavy atom. The highest BCUT2D eigenvalue weighted by Gasteiger charge is 2.38. The van der Waals surface area contributed by atoms with Gasteiger partial charge in [-0.15, -0.1) is 0 Å². The van der Waals surface area contributed by atoms with E-state index in [0.29, 0.717) is 0 Å². The van der Waals surface area contributed by atoms with Crippen LogP contribution in [0.1, 0.15) is 49.9 Å². The van der Waals surface area contributed by atoms with Crippen molar-refractivity contribution in [1.29, 1.82) is 0 Å². The molecule has 22 aromatic carbocycles. The van der Waals surface area contributed by atoms with Crippen molar-refractivity contribution in [2.45, 2.75) is 38.5 Å². The SMILES string of the molecule is CC1(C)c2ccc(-c3ccc(-c4c5ccccc5c(-c5ccc(-c6cc7ccccc7c7ccccc67)cc5)c5ccccc45)cc3)cc2-c2c1ccc1ccccc21.CC1(C)c2ccc(-c3ccc(-c4c5ccccc5c(-c5ccccc5-c5cc6ccccc6c6ccccc56)c5ccccc45)cc3)cc2-c2c1ccc1ccccc21. The molecular formula is C118H80. The molecule has 0 heteroatoms. The lowest BCUT2D eigenvalue weighted by molar-refractivity contribution is 0.661. The Hall–Kier alpha value is -14.6. The molecule has 0 spiro atoms. The van der Waals surface area contributed by atoms with Gasteiger partial charge in [-0.1, -0.05) is 416 Å². The molecule has 22 aromatic rings. The van der Waals surface area contributed by atoms with E-state index in [9.17, 15) is 0 Å². The van der Waals surface area contributed by atoms with Gasteiger partial charge in [-0.2, -0.15) is 0 Å². The highest BCUT2D eigenvalue weighted by atomic mass is 14.4. The third-order valence-electron chi connectivity index (χ3n) is 26.5. The Labute approximate surface area is 687 Å². The molecule has 0 radical (unpaired) electrons. The van der Waals surface area contributed by atoms with E-state index in [4.69, 9.17) is 0 Å². The average Bonchev–Trinajstić information content (AvgIpc) is 1.46. The quantitative estimate of drug-likeness (QED) is 0.105. The second-order valence-corrected chi connectivity index (χ2v) is 33.5. The molecule has 0 amide bonds. The highest BCUT2D eigenvalue weighted by molar-refractivity contribution is 6.25. The van der Waals surface area contributed by atoms with Gasteiger partial charge in [-0.25, -0.2) is 0 Å². The molecule has 0 aliphatic heterocycles. The van der Waals surface area contributed by atoms with Crippen molar-refractivity contribution in [1.82, 2.24) is 0 Å². The maximum atomic E-state index is 2.43. The largest absolute Gasteiger partial charge is 0.0616 e. The lowest BCUT2D eigenvalue weighted by Gasteiger charge is -2.21. The number of hydrogen-bond donors (Lipinski definition) is 0. The van der Waals surface area contributed by atoms with Crippen LogP contribution in [-0.4, -0.2) is 0 Å². The topological polar surface area (TPSA) is 0 Å². The van der Waals surface area contributed by atoms with Crippen molar-refractivity contribution in [2.24, 2.45) is 0 Å². The summed E-state index contributed by atoms with van der Waals surface area (Å²) in [4.78, 5) is 0. The van der Waals surface area contributed by atoms with Crippen LogP contribution in [-0.2, 0) is 10.8 Å². The standard InChI is InChI=1S/2C59H40/c1-59(2)54-33-32-42(35-53(54)58-45-16-6-3-13-38(45)31-34-55(58)59)37-23-27-40(28-24-37)56-48-19-9-11-21-50(48)57(51-22-12-10-20-49(51)56)41-29-25-39(26-30-41)52-36-43-14-4-5-15-44(43)46-17-7-8-18-47(46)52;1-59(2)54-33-32-40(35-53(54)58-43-18-6-3-15-38(43)31-34-55(58)59)37-27-29-39(30-28-37)56-48-23-11-13-25-50(48)57(51-26-14-12-24-49(51)56)47-22-10-9-21-46(47)52-36-41-16-4-5-17-42(41)44-19-7-8-20-45(44)52/h2*3-36H,1-2H3. The smallest absolute Gasteiger partial charge is 0.0159 e. The van der Waals surface area contributed by atoms with Crippen LogP contribution in [0, 0.1) is 0 Å². The molecule has 0 saturated heterocycles. The number of benzene rings is 22. The average molecular weight is 1500 g/mol. The van der Waals surface area contributed by atoms with Crippen molar-refractivity contribution >= 4 is 108 Å². The summed E-state index contributed by atoms with van der Waals surface area (Å²) < 4.78 is 0. The molecule has 0 bridgehead atoms. The number of hydrogen-bond acceptors (Lipinski definition) is 0. The van der Waals surface area contributed by atoms with Crippen LogP contribution < -0.4 is 0 Å². The van der Waals surface area contributed by atoms with Crippen LogP contribution in [0.15, 0.2) is 413 Å².